The molecular formula is C9H12N2O4S. The maximum atomic E-state index is 11.5. The molecular weight excluding hydrogens is 232 g/mol. The van der Waals surface area contributed by atoms with E-state index in [-0.39, 0.29) is 6.54 Å². The minimum atomic E-state index is -1.11. The molecule has 1 aromatic heterocycles. The van der Waals surface area contributed by atoms with Crippen LogP contribution in [0.3, 0.4) is 0 Å². The van der Waals surface area contributed by atoms with Gasteiger partial charge in [-0.2, -0.15) is 0 Å². The zero-order chi connectivity index (χ0) is 12.1. The summed E-state index contributed by atoms with van der Waals surface area (Å²) in [6.45, 7) is 1.71. The Morgan fingerprint density at radius 1 is 1.69 bits per heavy atom. The molecule has 0 aliphatic carbocycles. The molecule has 1 heterocycles. The van der Waals surface area contributed by atoms with Gasteiger partial charge in [0.15, 0.2) is 6.10 Å². The molecule has 6 nitrogen and oxygen atoms in total. The third-order valence-electron chi connectivity index (χ3n) is 1.86. The average Bonchev–Trinajstić information content (AvgIpc) is 2.65. The van der Waals surface area contributed by atoms with E-state index >= 15 is 0 Å². The van der Waals surface area contributed by atoms with Crippen molar-refractivity contribution in [1.29, 1.82) is 0 Å². The number of aliphatic carboxylic acids is 1. The molecule has 1 atom stereocenters. The highest BCUT2D eigenvalue weighted by Crippen LogP contribution is 2.07. The topological polar surface area (TPSA) is 88.5 Å². The monoisotopic (exact) mass is 244 g/mol. The first-order chi connectivity index (χ1) is 7.54. The number of carboxylic acid groups (broad SMARTS) is 1. The molecule has 16 heavy (non-hydrogen) atoms. The van der Waals surface area contributed by atoms with Crippen molar-refractivity contribution in [3.05, 3.63) is 16.1 Å². The van der Waals surface area contributed by atoms with Crippen LogP contribution in [0.25, 0.3) is 0 Å². The summed E-state index contributed by atoms with van der Waals surface area (Å²) in [6, 6.07) is 0. The van der Waals surface area contributed by atoms with Crippen LogP contribution in [0, 0.1) is 6.92 Å². The van der Waals surface area contributed by atoms with Crippen molar-refractivity contribution in [2.24, 2.45) is 0 Å². The lowest BCUT2D eigenvalue weighted by Gasteiger charge is -2.10. The van der Waals surface area contributed by atoms with Crippen molar-refractivity contribution in [2.45, 2.75) is 13.0 Å². The molecule has 0 aliphatic rings. The molecule has 88 valence electrons. The summed E-state index contributed by atoms with van der Waals surface area (Å²) >= 11 is 1.36. The Morgan fingerprint density at radius 2 is 2.38 bits per heavy atom. The van der Waals surface area contributed by atoms with Gasteiger partial charge in [-0.05, 0) is 6.92 Å². The maximum absolute atomic E-state index is 11.5. The molecule has 1 amide bonds. The van der Waals surface area contributed by atoms with E-state index in [0.29, 0.717) is 5.69 Å². The normalized spacial score (nSPS) is 12.1. The minimum absolute atomic E-state index is 0.0821. The van der Waals surface area contributed by atoms with E-state index in [1.807, 2.05) is 0 Å². The van der Waals surface area contributed by atoms with Crippen molar-refractivity contribution in [1.82, 2.24) is 10.3 Å². The summed E-state index contributed by atoms with van der Waals surface area (Å²) < 4.78 is 4.67. The predicted octanol–water partition coefficient (Wildman–Crippen LogP) is 0.281. The van der Waals surface area contributed by atoms with Crippen molar-refractivity contribution in [3.8, 4) is 0 Å². The molecule has 0 saturated carbocycles. The van der Waals surface area contributed by atoms with Crippen LogP contribution in [-0.2, 0) is 9.53 Å². The van der Waals surface area contributed by atoms with Gasteiger partial charge in [-0.25, -0.2) is 9.78 Å². The molecule has 0 spiro atoms. The maximum Gasteiger partial charge on any atom is 0.334 e. The molecule has 1 unspecified atom stereocenters. The zero-order valence-electron chi connectivity index (χ0n) is 8.89. The first-order valence-corrected chi connectivity index (χ1v) is 5.38. The quantitative estimate of drug-likeness (QED) is 0.776. The first-order valence-electron chi connectivity index (χ1n) is 4.50. The zero-order valence-corrected chi connectivity index (χ0v) is 9.71. The Labute approximate surface area is 96.3 Å². The van der Waals surface area contributed by atoms with Crippen LogP contribution in [0.5, 0.6) is 0 Å². The minimum Gasteiger partial charge on any atom is -0.479 e. The van der Waals surface area contributed by atoms with Crippen molar-refractivity contribution in [3.63, 3.8) is 0 Å². The van der Waals surface area contributed by atoms with E-state index in [4.69, 9.17) is 5.11 Å². The fourth-order valence-corrected chi connectivity index (χ4v) is 1.61. The number of amides is 1. The lowest BCUT2D eigenvalue weighted by atomic mass is 10.3. The summed E-state index contributed by atoms with van der Waals surface area (Å²) in [5.74, 6) is -1.51. The largest absolute Gasteiger partial charge is 0.479 e. The van der Waals surface area contributed by atoms with Gasteiger partial charge in [0.25, 0.3) is 5.91 Å². The lowest BCUT2D eigenvalue weighted by molar-refractivity contribution is -0.148. The number of carboxylic acids is 1. The SMILES string of the molecule is COC(CNC(=O)c1csc(C)n1)C(=O)O. The van der Waals surface area contributed by atoms with E-state index in [1.54, 1.807) is 12.3 Å². The molecule has 0 radical (unpaired) electrons. The van der Waals surface area contributed by atoms with Gasteiger partial charge in [0, 0.05) is 12.5 Å². The molecule has 0 fully saturated rings. The molecule has 0 bridgehead atoms. The molecule has 0 saturated heterocycles. The number of nitrogens with one attached hydrogen (secondary N) is 1. The third-order valence-corrected chi connectivity index (χ3v) is 2.63. The van der Waals surface area contributed by atoms with E-state index in [9.17, 15) is 9.59 Å². The highest BCUT2D eigenvalue weighted by Gasteiger charge is 2.18. The summed E-state index contributed by atoms with van der Waals surface area (Å²) in [7, 11) is 1.28. The Hall–Kier alpha value is -1.47. The van der Waals surface area contributed by atoms with Gasteiger partial charge in [-0.15, -0.1) is 11.3 Å². The molecule has 0 aliphatic heterocycles. The van der Waals surface area contributed by atoms with Gasteiger partial charge >= 0.3 is 5.97 Å². The number of thiazole rings is 1. The fourth-order valence-electron chi connectivity index (χ4n) is 1.02. The Morgan fingerprint density at radius 3 is 2.81 bits per heavy atom. The Balaban J connectivity index is 2.49. The second-order valence-electron chi connectivity index (χ2n) is 3.02. The van der Waals surface area contributed by atoms with Gasteiger partial charge in [0.2, 0.25) is 0 Å². The number of aromatic nitrogens is 1. The standard InChI is InChI=1S/C9H12N2O4S/c1-5-11-6(4-16-5)8(12)10-3-7(15-2)9(13)14/h4,7H,3H2,1-2H3,(H,10,12)(H,13,14). The molecule has 2 N–H and O–H groups in total. The summed E-state index contributed by atoms with van der Waals surface area (Å²) in [6.07, 6.45) is -1.04. The first kappa shape index (κ1) is 12.6. The molecule has 0 aromatic carbocycles. The van der Waals surface area contributed by atoms with Crippen molar-refractivity contribution >= 4 is 23.2 Å². The van der Waals surface area contributed by atoms with Crippen LogP contribution in [-0.4, -0.2) is 41.7 Å². The number of rotatable bonds is 5. The summed E-state index contributed by atoms with van der Waals surface area (Å²) in [4.78, 5) is 26.1. The number of aryl methyl sites for hydroxylation is 1. The third kappa shape index (κ3) is 3.28. The van der Waals surface area contributed by atoms with Crippen molar-refractivity contribution < 1.29 is 19.4 Å². The van der Waals surface area contributed by atoms with Crippen LogP contribution < -0.4 is 5.32 Å². The predicted molar refractivity (Wildman–Crippen MR) is 57.6 cm³/mol. The highest BCUT2D eigenvalue weighted by molar-refractivity contribution is 7.09. The number of carbonyl (C=O) groups is 2. The number of carbonyl (C=O) groups excluding carboxylic acids is 1. The Bertz CT molecular complexity index is 391. The van der Waals surface area contributed by atoms with E-state index in [0.717, 1.165) is 5.01 Å². The van der Waals surface area contributed by atoms with Crippen LogP contribution in [0.2, 0.25) is 0 Å². The summed E-state index contributed by atoms with van der Waals surface area (Å²) in [5, 5.41) is 13.5. The van der Waals surface area contributed by atoms with Crippen LogP contribution in [0.15, 0.2) is 5.38 Å². The van der Waals surface area contributed by atoms with Gasteiger partial charge in [0.1, 0.15) is 5.69 Å². The molecule has 1 rings (SSSR count). The number of hydrogen-bond donors (Lipinski definition) is 2. The van der Waals surface area contributed by atoms with Crippen molar-refractivity contribution in [2.75, 3.05) is 13.7 Å². The fraction of sp³-hybridized carbons (Fsp3) is 0.444. The molecule has 7 heteroatoms. The number of nitrogens with zero attached hydrogens (tertiary/aromatic N) is 1. The average molecular weight is 244 g/mol. The van der Waals surface area contributed by atoms with Crippen LogP contribution in [0.1, 0.15) is 15.5 Å². The van der Waals surface area contributed by atoms with Gasteiger partial charge < -0.3 is 15.2 Å². The second-order valence-corrected chi connectivity index (χ2v) is 4.09. The second kappa shape index (κ2) is 5.57. The van der Waals surface area contributed by atoms with Crippen LogP contribution >= 0.6 is 11.3 Å². The summed E-state index contributed by atoms with van der Waals surface area (Å²) in [5.41, 5.74) is 0.294. The van der Waals surface area contributed by atoms with Gasteiger partial charge in [-0.3, -0.25) is 4.79 Å². The van der Waals surface area contributed by atoms with Gasteiger partial charge in [-0.1, -0.05) is 0 Å². The van der Waals surface area contributed by atoms with Gasteiger partial charge in [0.05, 0.1) is 11.6 Å². The van der Waals surface area contributed by atoms with E-state index in [2.05, 4.69) is 15.0 Å². The lowest BCUT2D eigenvalue weighted by Crippen LogP contribution is -2.37. The van der Waals surface area contributed by atoms with E-state index in [1.165, 1.54) is 18.4 Å². The number of methoxy groups -OCH3 is 1. The smallest absolute Gasteiger partial charge is 0.334 e. The van der Waals surface area contributed by atoms with Crippen LogP contribution in [0.4, 0.5) is 0 Å². The van der Waals surface area contributed by atoms with E-state index < -0.39 is 18.0 Å². The number of hydrogen-bond acceptors (Lipinski definition) is 5. The highest BCUT2D eigenvalue weighted by atomic mass is 32.1. The number of ether oxygens (including phenoxy) is 1. The Kier molecular flexibility index (Phi) is 4.39. The molecule has 1 aromatic rings.